The Morgan fingerprint density at radius 1 is 1.19 bits per heavy atom. The summed E-state index contributed by atoms with van der Waals surface area (Å²) in [5.74, 6) is 0.729. The van der Waals surface area contributed by atoms with Crippen LogP contribution in [0.5, 0.6) is 0 Å². The SMILES string of the molecule is CC1=CC(C)(S(=O)(=O)n2ccc3c(Cc4nc5ccc(C#N)cc5n4COCC[Si](C)(C)C)ccc(C=O)c32)CC=C1. The molecule has 0 amide bonds. The molecule has 2 aromatic heterocycles. The first-order chi connectivity index (χ1) is 19.9. The van der Waals surface area contributed by atoms with Crippen LogP contribution in [-0.2, 0) is 27.9 Å². The number of hydrogen-bond acceptors (Lipinski definition) is 6. The lowest BCUT2D eigenvalue weighted by atomic mass is 9.98. The Labute approximate surface area is 248 Å². The van der Waals surface area contributed by atoms with Crippen LogP contribution in [0.15, 0.2) is 66.4 Å². The van der Waals surface area contributed by atoms with Crippen molar-refractivity contribution >= 4 is 46.3 Å². The van der Waals surface area contributed by atoms with Crippen LogP contribution >= 0.6 is 0 Å². The monoisotopic (exact) mass is 600 g/mol. The van der Waals surface area contributed by atoms with Gasteiger partial charge in [-0.1, -0.05) is 49.5 Å². The van der Waals surface area contributed by atoms with Gasteiger partial charge in [0, 0.05) is 38.2 Å². The predicted molar refractivity (Wildman–Crippen MR) is 169 cm³/mol. The van der Waals surface area contributed by atoms with Crippen molar-refractivity contribution in [1.29, 1.82) is 5.26 Å². The van der Waals surface area contributed by atoms with Crippen LogP contribution < -0.4 is 0 Å². The third kappa shape index (κ3) is 5.52. The number of allylic oxidation sites excluding steroid dienone is 3. The normalized spacial score (nSPS) is 17.5. The highest BCUT2D eigenvalue weighted by atomic mass is 32.2. The molecule has 218 valence electrons. The van der Waals surface area contributed by atoms with Crippen LogP contribution in [-0.4, -0.2) is 47.7 Å². The number of aldehydes is 1. The predicted octanol–water partition coefficient (Wildman–Crippen LogP) is 6.42. The number of aromatic nitrogens is 3. The van der Waals surface area contributed by atoms with E-state index >= 15 is 0 Å². The van der Waals surface area contributed by atoms with E-state index in [1.165, 1.54) is 3.97 Å². The van der Waals surface area contributed by atoms with E-state index in [0.717, 1.165) is 34.0 Å². The van der Waals surface area contributed by atoms with E-state index in [-0.39, 0.29) is 6.73 Å². The number of carbonyl (C=O) groups is 1. The third-order valence-corrected chi connectivity index (χ3v) is 11.9. The Balaban J connectivity index is 1.58. The molecule has 1 aliphatic carbocycles. The summed E-state index contributed by atoms with van der Waals surface area (Å²) >= 11 is 0. The topological polar surface area (TPSA) is 107 Å². The maximum atomic E-state index is 14.0. The largest absolute Gasteiger partial charge is 0.361 e. The maximum absolute atomic E-state index is 14.0. The Morgan fingerprint density at radius 2 is 1.98 bits per heavy atom. The second kappa shape index (κ2) is 11.1. The van der Waals surface area contributed by atoms with E-state index in [0.29, 0.717) is 47.8 Å². The molecule has 0 fully saturated rings. The van der Waals surface area contributed by atoms with Crippen LogP contribution in [0.2, 0.25) is 25.7 Å². The zero-order valence-electron chi connectivity index (χ0n) is 24.7. The summed E-state index contributed by atoms with van der Waals surface area (Å²) in [4.78, 5) is 17.0. The molecule has 8 nitrogen and oxygen atoms in total. The molecule has 2 heterocycles. The van der Waals surface area contributed by atoms with Crippen LogP contribution in [0.25, 0.3) is 21.9 Å². The fourth-order valence-electron chi connectivity index (χ4n) is 5.46. The lowest BCUT2D eigenvalue weighted by molar-refractivity contribution is 0.0881. The number of ether oxygens (including phenoxy) is 1. The minimum absolute atomic E-state index is 0.285. The molecule has 4 aromatic rings. The fraction of sp³-hybridized carbons (Fsp3) is 0.344. The van der Waals surface area contributed by atoms with E-state index in [1.807, 2.05) is 41.8 Å². The molecule has 42 heavy (non-hydrogen) atoms. The van der Waals surface area contributed by atoms with Gasteiger partial charge in [0.05, 0.1) is 28.2 Å². The van der Waals surface area contributed by atoms with Crippen LogP contribution in [0, 0.1) is 11.3 Å². The van der Waals surface area contributed by atoms with Crippen molar-refractivity contribution in [3.63, 3.8) is 0 Å². The summed E-state index contributed by atoms with van der Waals surface area (Å²) in [6.45, 7) is 11.4. The molecule has 0 bridgehead atoms. The number of nitrogens with zero attached hydrogens (tertiary/aromatic N) is 4. The molecule has 0 N–H and O–H groups in total. The van der Waals surface area contributed by atoms with Gasteiger partial charge in [-0.15, -0.1) is 0 Å². The molecule has 0 aliphatic heterocycles. The van der Waals surface area contributed by atoms with E-state index in [9.17, 15) is 18.5 Å². The first kappa shape index (κ1) is 29.7. The first-order valence-corrected chi connectivity index (χ1v) is 19.2. The van der Waals surface area contributed by atoms with Crippen molar-refractivity contribution in [3.05, 3.63) is 88.9 Å². The number of benzene rings is 2. The smallest absolute Gasteiger partial charge is 0.248 e. The number of hydrogen-bond donors (Lipinski definition) is 0. The molecule has 1 unspecified atom stereocenters. The Hall–Kier alpha value is -3.78. The highest BCUT2D eigenvalue weighted by molar-refractivity contribution is 7.91. The summed E-state index contributed by atoms with van der Waals surface area (Å²) in [6, 6.07) is 13.9. The number of imidazole rings is 1. The van der Waals surface area contributed by atoms with Crippen molar-refractivity contribution in [1.82, 2.24) is 13.5 Å². The molecule has 5 rings (SSSR count). The Morgan fingerprint density at radius 3 is 2.67 bits per heavy atom. The molecule has 0 radical (unpaired) electrons. The lowest BCUT2D eigenvalue weighted by Crippen LogP contribution is -2.38. The molecular formula is C32H36N4O4SSi. The van der Waals surface area contributed by atoms with E-state index < -0.39 is 22.8 Å². The van der Waals surface area contributed by atoms with Gasteiger partial charge in [-0.2, -0.15) is 5.26 Å². The number of carbonyl (C=O) groups excluding carboxylic acids is 1. The number of nitriles is 1. The van der Waals surface area contributed by atoms with Gasteiger partial charge in [0.2, 0.25) is 10.0 Å². The van der Waals surface area contributed by atoms with Crippen molar-refractivity contribution in [2.24, 2.45) is 0 Å². The number of rotatable bonds is 10. The third-order valence-electron chi connectivity index (χ3n) is 7.87. The second-order valence-electron chi connectivity index (χ2n) is 12.4. The molecular weight excluding hydrogens is 565 g/mol. The molecule has 0 spiro atoms. The van der Waals surface area contributed by atoms with Gasteiger partial charge in [0.25, 0.3) is 0 Å². The van der Waals surface area contributed by atoms with Gasteiger partial charge in [0.1, 0.15) is 17.3 Å². The van der Waals surface area contributed by atoms with E-state index in [1.54, 1.807) is 37.4 Å². The van der Waals surface area contributed by atoms with Gasteiger partial charge in [-0.25, -0.2) is 17.4 Å². The highest BCUT2D eigenvalue weighted by Gasteiger charge is 2.39. The molecule has 1 aliphatic rings. The average Bonchev–Trinajstić information content (AvgIpc) is 3.53. The van der Waals surface area contributed by atoms with Crippen LogP contribution in [0.4, 0.5) is 0 Å². The van der Waals surface area contributed by atoms with Crippen molar-refractivity contribution in [2.75, 3.05) is 6.61 Å². The van der Waals surface area contributed by atoms with Crippen molar-refractivity contribution < 1.29 is 17.9 Å². The summed E-state index contributed by atoms with van der Waals surface area (Å²) in [6.07, 6.45) is 8.54. The van der Waals surface area contributed by atoms with E-state index in [2.05, 4.69) is 25.7 Å². The van der Waals surface area contributed by atoms with Crippen LogP contribution in [0.1, 0.15) is 47.6 Å². The lowest BCUT2D eigenvalue weighted by Gasteiger charge is -2.28. The van der Waals surface area contributed by atoms with E-state index in [4.69, 9.17) is 9.72 Å². The van der Waals surface area contributed by atoms with Gasteiger partial charge in [-0.3, -0.25) is 4.79 Å². The Bertz CT molecular complexity index is 1900. The second-order valence-corrected chi connectivity index (χ2v) is 20.3. The molecule has 0 saturated carbocycles. The molecule has 1 atom stereocenters. The Kier molecular flexibility index (Phi) is 7.87. The zero-order valence-corrected chi connectivity index (χ0v) is 26.5. The highest BCUT2D eigenvalue weighted by Crippen LogP contribution is 2.35. The fourth-order valence-corrected chi connectivity index (χ4v) is 7.98. The summed E-state index contributed by atoms with van der Waals surface area (Å²) in [5.41, 5.74) is 4.48. The zero-order chi connectivity index (χ0) is 30.3. The molecule has 2 aromatic carbocycles. The minimum atomic E-state index is -3.90. The van der Waals surface area contributed by atoms with Crippen molar-refractivity contribution in [2.45, 2.75) is 63.9 Å². The summed E-state index contributed by atoms with van der Waals surface area (Å²) in [5, 5.41) is 10.2. The van der Waals surface area contributed by atoms with Crippen LogP contribution in [0.3, 0.4) is 0 Å². The van der Waals surface area contributed by atoms with Gasteiger partial charge >= 0.3 is 0 Å². The summed E-state index contributed by atoms with van der Waals surface area (Å²) < 4.78 is 36.3. The van der Waals surface area contributed by atoms with Gasteiger partial charge in [0.15, 0.2) is 6.29 Å². The minimum Gasteiger partial charge on any atom is -0.361 e. The van der Waals surface area contributed by atoms with Gasteiger partial charge in [-0.05, 0) is 62.2 Å². The number of fused-ring (bicyclic) bond motifs is 2. The maximum Gasteiger partial charge on any atom is 0.248 e. The quantitative estimate of drug-likeness (QED) is 0.118. The van der Waals surface area contributed by atoms with Gasteiger partial charge < -0.3 is 9.30 Å². The van der Waals surface area contributed by atoms with Crippen molar-refractivity contribution in [3.8, 4) is 6.07 Å². The summed E-state index contributed by atoms with van der Waals surface area (Å²) in [7, 11) is -5.18. The molecule has 10 heteroatoms. The average molecular weight is 601 g/mol. The first-order valence-electron chi connectivity index (χ1n) is 14.0. The molecule has 0 saturated heterocycles. The standard InChI is InChI=1S/C32H36N4O4SSi/c1-23-7-6-13-32(2,19-23)41(38,39)36-14-12-27-25(9-10-26(21-37)31(27)36)18-30-34-28-11-8-24(20-33)17-29(28)35(30)22-40-15-16-42(3,4)5/h6-12,14,17,19,21H,13,15-16,18,22H2,1-5H3.